The van der Waals surface area contributed by atoms with Crippen LogP contribution >= 0.6 is 0 Å². The van der Waals surface area contributed by atoms with E-state index < -0.39 is 18.7 Å². The molecule has 10 heteroatoms. The van der Waals surface area contributed by atoms with E-state index >= 15 is 0 Å². The number of carboxylic acids is 1. The average Bonchev–Trinajstić information content (AvgIpc) is 3.26. The van der Waals surface area contributed by atoms with Gasteiger partial charge >= 0.3 is 5.97 Å². The van der Waals surface area contributed by atoms with Crippen LogP contribution < -0.4 is 5.32 Å². The zero-order valence-corrected chi connectivity index (χ0v) is 19.3. The summed E-state index contributed by atoms with van der Waals surface area (Å²) >= 11 is 0. The fourth-order valence-corrected chi connectivity index (χ4v) is 4.75. The molecule has 0 bridgehead atoms. The topological polar surface area (TPSA) is 73.1 Å². The van der Waals surface area contributed by atoms with E-state index in [0.717, 1.165) is 33.1 Å². The van der Waals surface area contributed by atoms with E-state index in [9.17, 15) is 23.1 Å². The molecule has 182 valence electrons. The first-order valence-electron chi connectivity index (χ1n) is 11.1. The molecular formula is C24H28F3N5O2. The van der Waals surface area contributed by atoms with Crippen LogP contribution in [0.2, 0.25) is 0 Å². The van der Waals surface area contributed by atoms with E-state index in [-0.39, 0.29) is 24.7 Å². The van der Waals surface area contributed by atoms with Crippen LogP contribution in [0.4, 0.5) is 19.0 Å². The maximum absolute atomic E-state index is 13.8. The van der Waals surface area contributed by atoms with Gasteiger partial charge in [-0.25, -0.2) is 22.9 Å². The van der Waals surface area contributed by atoms with Crippen molar-refractivity contribution in [2.45, 2.75) is 32.6 Å². The van der Waals surface area contributed by atoms with E-state index in [4.69, 9.17) is 0 Å². The predicted octanol–water partition coefficient (Wildman–Crippen LogP) is 4.29. The van der Waals surface area contributed by atoms with Crippen molar-refractivity contribution in [2.24, 2.45) is 0 Å². The molecule has 1 saturated heterocycles. The molecule has 0 saturated carbocycles. The molecule has 3 aromatic rings. The first-order chi connectivity index (χ1) is 16.2. The van der Waals surface area contributed by atoms with Crippen LogP contribution in [0.5, 0.6) is 0 Å². The number of nitrogens with one attached hydrogen (secondary N) is 1. The number of alkyl halides is 3. The fourth-order valence-electron chi connectivity index (χ4n) is 4.75. The molecule has 2 unspecified atom stereocenters. The molecule has 3 aromatic heterocycles. The summed E-state index contributed by atoms with van der Waals surface area (Å²) in [6.07, 6.45) is -1.66. The van der Waals surface area contributed by atoms with Crippen molar-refractivity contribution in [2.75, 3.05) is 38.5 Å². The maximum atomic E-state index is 13.8. The number of aromatic carboxylic acids is 1. The van der Waals surface area contributed by atoms with Crippen LogP contribution in [-0.4, -0.2) is 76.2 Å². The number of carbonyl (C=O) groups is 1. The van der Waals surface area contributed by atoms with Crippen molar-refractivity contribution in [3.05, 3.63) is 53.5 Å². The zero-order valence-electron chi connectivity index (χ0n) is 19.3. The van der Waals surface area contributed by atoms with Crippen LogP contribution in [0.25, 0.3) is 16.6 Å². The van der Waals surface area contributed by atoms with Gasteiger partial charge in [0.15, 0.2) is 0 Å². The summed E-state index contributed by atoms with van der Waals surface area (Å²) in [6.45, 7) is 4.90. The molecular weight excluding hydrogens is 447 g/mol. The smallest absolute Gasteiger partial charge is 0.336 e. The quantitative estimate of drug-likeness (QED) is 0.497. The van der Waals surface area contributed by atoms with Gasteiger partial charge < -0.3 is 14.8 Å². The molecule has 1 aliphatic rings. The van der Waals surface area contributed by atoms with Crippen LogP contribution in [0.3, 0.4) is 0 Å². The number of aromatic nitrogens is 2. The van der Waals surface area contributed by atoms with E-state index in [0.29, 0.717) is 18.7 Å². The highest BCUT2D eigenvalue weighted by Crippen LogP contribution is 2.34. The molecule has 1 aliphatic heterocycles. The van der Waals surface area contributed by atoms with Crippen molar-refractivity contribution in [1.82, 2.24) is 19.2 Å². The third-order valence-corrected chi connectivity index (χ3v) is 6.66. The lowest BCUT2D eigenvalue weighted by molar-refractivity contribution is -0.0688. The van der Waals surface area contributed by atoms with Gasteiger partial charge in [0.1, 0.15) is 5.82 Å². The molecule has 0 amide bonds. The van der Waals surface area contributed by atoms with Crippen molar-refractivity contribution in [3.63, 3.8) is 0 Å². The van der Waals surface area contributed by atoms with Gasteiger partial charge in [-0.3, -0.25) is 9.80 Å². The number of nitrogens with zero attached hydrogens (tertiary/aromatic N) is 4. The lowest BCUT2D eigenvalue weighted by Crippen LogP contribution is -2.51. The first-order valence-corrected chi connectivity index (χ1v) is 11.1. The van der Waals surface area contributed by atoms with E-state index in [1.807, 2.05) is 35.7 Å². The summed E-state index contributed by atoms with van der Waals surface area (Å²) in [5, 5.41) is 12.9. The highest BCUT2D eigenvalue weighted by molar-refractivity contribution is 5.94. The van der Waals surface area contributed by atoms with Crippen molar-refractivity contribution in [1.29, 1.82) is 0 Å². The number of halogens is 3. The average molecular weight is 476 g/mol. The lowest BCUT2D eigenvalue weighted by Gasteiger charge is -2.39. The summed E-state index contributed by atoms with van der Waals surface area (Å²) in [4.78, 5) is 19.7. The van der Waals surface area contributed by atoms with Crippen LogP contribution in [0, 0.1) is 6.92 Å². The number of fused-ring (bicyclic) bond motifs is 1. The third kappa shape index (κ3) is 4.35. The summed E-state index contributed by atoms with van der Waals surface area (Å²) < 4.78 is 41.3. The molecule has 2 atom stereocenters. The molecule has 2 N–H and O–H groups in total. The Kier molecular flexibility index (Phi) is 6.81. The van der Waals surface area contributed by atoms with Gasteiger partial charge in [0.25, 0.3) is 6.43 Å². The summed E-state index contributed by atoms with van der Waals surface area (Å²) in [6, 6.07) is 7.17. The Bertz CT molecular complexity index is 1170. The molecule has 4 rings (SSSR count). The lowest BCUT2D eigenvalue weighted by atomic mass is 9.99. The fraction of sp³-hybridized carbons (Fsp3) is 0.417. The summed E-state index contributed by atoms with van der Waals surface area (Å²) in [5.74, 6) is -0.295. The van der Waals surface area contributed by atoms with E-state index in [2.05, 4.69) is 15.2 Å². The largest absolute Gasteiger partial charge is 0.478 e. The second-order valence-electron chi connectivity index (χ2n) is 8.50. The van der Waals surface area contributed by atoms with Gasteiger partial charge in [-0.2, -0.15) is 0 Å². The van der Waals surface area contributed by atoms with Crippen molar-refractivity contribution >= 4 is 17.3 Å². The molecule has 0 spiro atoms. The van der Waals surface area contributed by atoms with Crippen molar-refractivity contribution in [3.8, 4) is 11.1 Å². The Morgan fingerprint density at radius 1 is 1.12 bits per heavy atom. The normalized spacial score (nSPS) is 17.3. The number of pyridine rings is 2. The van der Waals surface area contributed by atoms with Gasteiger partial charge in [0, 0.05) is 68.5 Å². The Balaban J connectivity index is 1.72. The molecule has 0 aromatic carbocycles. The highest BCUT2D eigenvalue weighted by atomic mass is 19.3. The predicted molar refractivity (Wildman–Crippen MR) is 124 cm³/mol. The molecule has 0 aliphatic carbocycles. The number of hydrogen-bond acceptors (Lipinski definition) is 5. The standard InChI is InChI=1S/C24H28F3N5O2/c1-14-18(24(33)34)12-19-17(16-4-5-20(28-3)29-13-16)6-7-32(19)21(14)15(2)30-8-10-31(11-9-30)23(27)22(25)26/h4-7,12-13,15,22-23H,8-11H2,1-3H3,(H,28,29)(H,33,34). The summed E-state index contributed by atoms with van der Waals surface area (Å²) in [7, 11) is 1.78. The Morgan fingerprint density at radius 3 is 2.35 bits per heavy atom. The number of rotatable bonds is 7. The van der Waals surface area contributed by atoms with Gasteiger partial charge in [0.2, 0.25) is 6.30 Å². The minimum Gasteiger partial charge on any atom is -0.478 e. The van der Waals surface area contributed by atoms with Crippen LogP contribution in [0.1, 0.15) is 34.6 Å². The number of carboxylic acid groups (broad SMARTS) is 1. The third-order valence-electron chi connectivity index (χ3n) is 6.66. The second-order valence-corrected chi connectivity index (χ2v) is 8.50. The Morgan fingerprint density at radius 2 is 1.79 bits per heavy atom. The van der Waals surface area contributed by atoms with E-state index in [1.165, 1.54) is 0 Å². The van der Waals surface area contributed by atoms with Gasteiger partial charge in [0.05, 0.1) is 11.1 Å². The number of piperazine rings is 1. The van der Waals surface area contributed by atoms with Crippen LogP contribution in [0.15, 0.2) is 36.7 Å². The van der Waals surface area contributed by atoms with Crippen LogP contribution in [-0.2, 0) is 0 Å². The van der Waals surface area contributed by atoms with Crippen molar-refractivity contribution < 1.29 is 23.1 Å². The second kappa shape index (κ2) is 9.63. The Hall–Kier alpha value is -3.11. The minimum absolute atomic E-state index is 0.178. The SMILES string of the molecule is CNc1ccc(-c2ccn3c(C(C)N4CCN(C(F)C(F)F)CC4)c(C)c(C(=O)O)cc23)cn1. The van der Waals surface area contributed by atoms with E-state index in [1.54, 1.807) is 26.2 Å². The van der Waals surface area contributed by atoms with Gasteiger partial charge in [-0.05, 0) is 43.7 Å². The van der Waals surface area contributed by atoms with Gasteiger partial charge in [-0.1, -0.05) is 0 Å². The number of hydrogen-bond donors (Lipinski definition) is 2. The molecule has 7 nitrogen and oxygen atoms in total. The molecule has 4 heterocycles. The number of anilines is 1. The van der Waals surface area contributed by atoms with Gasteiger partial charge in [-0.15, -0.1) is 0 Å². The first kappa shape index (κ1) is 24.0. The zero-order chi connectivity index (χ0) is 24.6. The highest BCUT2D eigenvalue weighted by Gasteiger charge is 2.32. The summed E-state index contributed by atoms with van der Waals surface area (Å²) in [5.41, 5.74) is 4.10. The molecule has 1 fully saturated rings. The minimum atomic E-state index is -3.03. The molecule has 0 radical (unpaired) electrons. The monoisotopic (exact) mass is 475 g/mol. The molecule has 34 heavy (non-hydrogen) atoms. The maximum Gasteiger partial charge on any atom is 0.336 e. The Labute approximate surface area is 195 Å².